The zero-order valence-corrected chi connectivity index (χ0v) is 22.2. The minimum absolute atomic E-state index is 0.0104. The van der Waals surface area contributed by atoms with Gasteiger partial charge in [-0.15, -0.1) is 0 Å². The number of hydrogen-bond acceptors (Lipinski definition) is 6. The molecule has 1 fully saturated rings. The Hall–Kier alpha value is -3.04. The van der Waals surface area contributed by atoms with Gasteiger partial charge in [-0.1, -0.05) is 41.4 Å². The van der Waals surface area contributed by atoms with Crippen molar-refractivity contribution in [3.05, 3.63) is 91.8 Å². The zero-order chi connectivity index (χ0) is 26.9. The number of pyridine rings is 1. The Bertz CT molecular complexity index is 1290. The average molecular weight is 562 g/mol. The summed E-state index contributed by atoms with van der Waals surface area (Å²) in [5.41, 5.74) is 1.17. The van der Waals surface area contributed by atoms with E-state index in [4.69, 9.17) is 47.3 Å². The van der Waals surface area contributed by atoms with Crippen LogP contribution in [0, 0.1) is 0 Å². The van der Waals surface area contributed by atoms with Gasteiger partial charge < -0.3 is 28.6 Å². The van der Waals surface area contributed by atoms with E-state index in [0.717, 1.165) is 31.4 Å². The average Bonchev–Trinajstić information content (AvgIpc) is 2.93. The standard InChI is InChI=1S/C28H29Cl2NO7/c29-23-17-24(30)27(32)31(12-11-19-7-9-20(10-8-19)28(33)34)25(23)18-38-22-5-3-4-21(16-22)35-14-15-37-26-6-1-2-13-36-26/h3-5,7-10,16-17,26H,1-2,6,11-15,18H2,(H,33,34). The Labute approximate surface area is 230 Å². The summed E-state index contributed by atoms with van der Waals surface area (Å²) in [4.78, 5) is 23.9. The number of ether oxygens (including phenoxy) is 4. The van der Waals surface area contributed by atoms with Gasteiger partial charge in [-0.2, -0.15) is 0 Å². The predicted molar refractivity (Wildman–Crippen MR) is 144 cm³/mol. The van der Waals surface area contributed by atoms with Gasteiger partial charge in [-0.3, -0.25) is 4.79 Å². The Balaban J connectivity index is 1.37. The molecule has 0 spiro atoms. The van der Waals surface area contributed by atoms with Crippen LogP contribution in [0.3, 0.4) is 0 Å². The van der Waals surface area contributed by atoms with Crippen LogP contribution in [0.1, 0.15) is 40.9 Å². The minimum atomic E-state index is -0.995. The zero-order valence-electron chi connectivity index (χ0n) is 20.7. The molecule has 2 heterocycles. The molecular weight excluding hydrogens is 533 g/mol. The minimum Gasteiger partial charge on any atom is -0.491 e. The summed E-state index contributed by atoms with van der Waals surface area (Å²) in [6.45, 7) is 1.85. The quantitative estimate of drug-likeness (QED) is 0.287. The molecule has 1 aliphatic rings. The van der Waals surface area contributed by atoms with Gasteiger partial charge in [0.25, 0.3) is 5.56 Å². The smallest absolute Gasteiger partial charge is 0.335 e. The van der Waals surface area contributed by atoms with Crippen LogP contribution in [-0.4, -0.2) is 41.8 Å². The summed E-state index contributed by atoms with van der Waals surface area (Å²) in [5, 5.41) is 9.40. The third-order valence-electron chi connectivity index (χ3n) is 6.10. The topological polar surface area (TPSA) is 96.2 Å². The number of halogens is 2. The summed E-state index contributed by atoms with van der Waals surface area (Å²) < 4.78 is 24.5. The van der Waals surface area contributed by atoms with E-state index < -0.39 is 5.97 Å². The van der Waals surface area contributed by atoms with Gasteiger partial charge >= 0.3 is 5.97 Å². The summed E-state index contributed by atoms with van der Waals surface area (Å²) in [5.74, 6) is 0.180. The van der Waals surface area contributed by atoms with Crippen molar-refractivity contribution in [1.82, 2.24) is 4.57 Å². The third-order valence-corrected chi connectivity index (χ3v) is 6.70. The van der Waals surface area contributed by atoms with E-state index in [1.54, 1.807) is 24.3 Å². The molecule has 4 rings (SSSR count). The van der Waals surface area contributed by atoms with Crippen molar-refractivity contribution in [3.63, 3.8) is 0 Å². The third kappa shape index (κ3) is 7.74. The van der Waals surface area contributed by atoms with Gasteiger partial charge in [-0.05, 0) is 61.6 Å². The first-order valence-corrected chi connectivity index (χ1v) is 13.1. The van der Waals surface area contributed by atoms with Gasteiger partial charge in [0.2, 0.25) is 0 Å². The van der Waals surface area contributed by atoms with Crippen LogP contribution >= 0.6 is 23.2 Å². The van der Waals surface area contributed by atoms with Gasteiger partial charge in [0, 0.05) is 19.2 Å². The lowest BCUT2D eigenvalue weighted by Gasteiger charge is -2.22. The molecule has 1 atom stereocenters. The van der Waals surface area contributed by atoms with E-state index >= 15 is 0 Å². The molecule has 0 amide bonds. The predicted octanol–water partition coefficient (Wildman–Crippen LogP) is 5.60. The second kappa shape index (κ2) is 13.7. The van der Waals surface area contributed by atoms with E-state index in [9.17, 15) is 9.59 Å². The van der Waals surface area contributed by atoms with Crippen molar-refractivity contribution in [3.8, 4) is 11.5 Å². The molecule has 1 saturated heterocycles. The fraction of sp³-hybridized carbons (Fsp3) is 0.357. The van der Waals surface area contributed by atoms with Crippen LogP contribution in [-0.2, 0) is 29.0 Å². The van der Waals surface area contributed by atoms with Crippen LogP contribution in [0.2, 0.25) is 10.0 Å². The maximum Gasteiger partial charge on any atom is 0.335 e. The Kier molecular flexibility index (Phi) is 10.1. The molecule has 10 heteroatoms. The van der Waals surface area contributed by atoms with Gasteiger partial charge in [0.15, 0.2) is 6.29 Å². The van der Waals surface area contributed by atoms with Crippen LogP contribution in [0.5, 0.6) is 11.5 Å². The van der Waals surface area contributed by atoms with Crippen molar-refractivity contribution >= 4 is 29.2 Å². The monoisotopic (exact) mass is 561 g/mol. The highest BCUT2D eigenvalue weighted by Crippen LogP contribution is 2.24. The molecule has 1 unspecified atom stereocenters. The second-order valence-corrected chi connectivity index (χ2v) is 9.59. The van der Waals surface area contributed by atoms with Gasteiger partial charge in [0.05, 0.1) is 22.9 Å². The van der Waals surface area contributed by atoms with Crippen LogP contribution in [0.25, 0.3) is 0 Å². The number of carbonyl (C=O) groups is 1. The Morgan fingerprint density at radius 1 is 1.00 bits per heavy atom. The van der Waals surface area contributed by atoms with Crippen LogP contribution < -0.4 is 15.0 Å². The number of carboxylic acids is 1. The largest absolute Gasteiger partial charge is 0.491 e. The van der Waals surface area contributed by atoms with Crippen molar-refractivity contribution in [2.75, 3.05) is 19.8 Å². The summed E-state index contributed by atoms with van der Waals surface area (Å²) >= 11 is 12.6. The van der Waals surface area contributed by atoms with E-state index in [2.05, 4.69) is 0 Å². The molecule has 1 N–H and O–H groups in total. The number of aryl methyl sites for hydroxylation is 1. The maximum atomic E-state index is 12.8. The molecule has 3 aromatic rings. The number of aromatic carboxylic acids is 1. The summed E-state index contributed by atoms with van der Waals surface area (Å²) in [6, 6.07) is 15.1. The second-order valence-electron chi connectivity index (χ2n) is 8.77. The van der Waals surface area contributed by atoms with Crippen molar-refractivity contribution < 1.29 is 28.8 Å². The molecule has 0 radical (unpaired) electrons. The lowest BCUT2D eigenvalue weighted by Crippen LogP contribution is -2.26. The Morgan fingerprint density at radius 3 is 2.47 bits per heavy atom. The molecule has 1 aromatic heterocycles. The summed E-state index contributed by atoms with van der Waals surface area (Å²) in [7, 11) is 0. The van der Waals surface area contributed by atoms with E-state index in [-0.39, 0.29) is 35.6 Å². The van der Waals surface area contributed by atoms with Crippen LogP contribution in [0.4, 0.5) is 0 Å². The fourth-order valence-electron chi connectivity index (χ4n) is 4.06. The van der Waals surface area contributed by atoms with E-state index in [1.807, 2.05) is 12.1 Å². The highest BCUT2D eigenvalue weighted by atomic mass is 35.5. The molecule has 202 valence electrons. The van der Waals surface area contributed by atoms with E-state index in [1.165, 1.54) is 22.8 Å². The molecular formula is C28H29Cl2NO7. The molecule has 1 aliphatic heterocycles. The van der Waals surface area contributed by atoms with Gasteiger partial charge in [0.1, 0.15) is 29.7 Å². The SMILES string of the molecule is O=C(O)c1ccc(CCn2c(COc3cccc(OCCOC4CCCCO4)c3)c(Cl)cc(Cl)c2=O)cc1. The molecule has 38 heavy (non-hydrogen) atoms. The lowest BCUT2D eigenvalue weighted by atomic mass is 10.1. The fourth-order valence-corrected chi connectivity index (χ4v) is 4.59. The molecule has 0 saturated carbocycles. The van der Waals surface area contributed by atoms with Crippen molar-refractivity contribution in [2.45, 2.75) is 45.1 Å². The maximum absolute atomic E-state index is 12.8. The molecule has 8 nitrogen and oxygen atoms in total. The summed E-state index contributed by atoms with van der Waals surface area (Å²) in [6.07, 6.45) is 3.39. The lowest BCUT2D eigenvalue weighted by molar-refractivity contribution is -0.165. The van der Waals surface area contributed by atoms with E-state index in [0.29, 0.717) is 41.9 Å². The van der Waals surface area contributed by atoms with Gasteiger partial charge in [-0.25, -0.2) is 4.79 Å². The highest BCUT2D eigenvalue weighted by molar-refractivity contribution is 6.34. The normalized spacial score (nSPS) is 15.3. The first-order valence-electron chi connectivity index (χ1n) is 12.4. The number of hydrogen-bond donors (Lipinski definition) is 1. The number of carboxylic acid groups (broad SMARTS) is 1. The van der Waals surface area contributed by atoms with Crippen molar-refractivity contribution in [1.29, 1.82) is 0 Å². The van der Waals surface area contributed by atoms with Crippen LogP contribution in [0.15, 0.2) is 59.4 Å². The van der Waals surface area contributed by atoms with Crippen molar-refractivity contribution in [2.24, 2.45) is 0 Å². The molecule has 2 aromatic carbocycles. The number of rotatable bonds is 12. The number of nitrogens with zero attached hydrogens (tertiary/aromatic N) is 1. The Morgan fingerprint density at radius 2 is 1.76 bits per heavy atom. The number of benzene rings is 2. The first-order chi connectivity index (χ1) is 18.4. The number of aromatic nitrogens is 1. The molecule has 0 bridgehead atoms. The highest BCUT2D eigenvalue weighted by Gasteiger charge is 2.15. The molecule has 0 aliphatic carbocycles. The first kappa shape index (κ1) is 28.0.